The maximum Gasteiger partial charge on any atom is 0.0738 e. The van der Waals surface area contributed by atoms with Crippen LogP contribution in [0.2, 0.25) is 0 Å². The highest BCUT2D eigenvalue weighted by Gasteiger charge is 2.23. The monoisotopic (exact) mass is 671 g/mol. The van der Waals surface area contributed by atoms with Gasteiger partial charge in [0.1, 0.15) is 0 Å². The molecule has 2 aliphatic rings. The molecule has 0 amide bonds. The molecule has 0 atom stereocenters. The molecule has 0 saturated heterocycles. The van der Waals surface area contributed by atoms with Gasteiger partial charge in [0.05, 0.1) is 39.5 Å². The van der Waals surface area contributed by atoms with Crippen molar-refractivity contribution in [3.8, 4) is 44.5 Å². The zero-order valence-corrected chi connectivity index (χ0v) is 29.4. The lowest BCUT2D eigenvalue weighted by atomic mass is 10.0. The number of fused-ring (bicyclic) bond motifs is 8. The van der Waals surface area contributed by atoms with Crippen molar-refractivity contribution in [2.75, 3.05) is 19.0 Å². The molecule has 7 aromatic rings. The van der Waals surface area contributed by atoms with Gasteiger partial charge in [-0.3, -0.25) is 0 Å². The lowest BCUT2D eigenvalue weighted by Gasteiger charge is -2.15. The third-order valence-corrected chi connectivity index (χ3v) is 9.94. The van der Waals surface area contributed by atoms with Crippen molar-refractivity contribution in [3.63, 3.8) is 0 Å². The molecule has 5 heterocycles. The fraction of sp³-hybridized carbons (Fsp3) is 0.0638. The Bertz CT molecular complexity index is 2680. The van der Waals surface area contributed by atoms with Gasteiger partial charge in [-0.05, 0) is 71.2 Å². The molecule has 0 aliphatic carbocycles. The number of nitrogens with one attached hydrogen (secondary N) is 2. The van der Waals surface area contributed by atoms with Crippen LogP contribution >= 0.6 is 0 Å². The molecule has 8 bridgehead atoms. The summed E-state index contributed by atoms with van der Waals surface area (Å²) < 4.78 is 0. The Kier molecular flexibility index (Phi) is 7.74. The van der Waals surface area contributed by atoms with Gasteiger partial charge in [-0.1, -0.05) is 121 Å². The normalized spacial score (nSPS) is 12.0. The van der Waals surface area contributed by atoms with Gasteiger partial charge in [0, 0.05) is 47.4 Å². The van der Waals surface area contributed by atoms with Crippen LogP contribution in [0.4, 0.5) is 5.69 Å². The highest BCUT2D eigenvalue weighted by molar-refractivity contribution is 6.05. The summed E-state index contributed by atoms with van der Waals surface area (Å²) >= 11 is 0. The second kappa shape index (κ2) is 12.9. The third kappa shape index (κ3) is 5.35. The second-order valence-corrected chi connectivity index (χ2v) is 13.4. The van der Waals surface area contributed by atoms with Crippen molar-refractivity contribution < 1.29 is 0 Å². The molecule has 2 N–H and O–H groups in total. The summed E-state index contributed by atoms with van der Waals surface area (Å²) in [5.41, 5.74) is 18.4. The predicted octanol–water partition coefficient (Wildman–Crippen LogP) is 11.7. The van der Waals surface area contributed by atoms with Crippen molar-refractivity contribution in [1.29, 1.82) is 0 Å². The molecule has 52 heavy (non-hydrogen) atoms. The Balaban J connectivity index is 1.55. The molecule has 0 fully saturated rings. The van der Waals surface area contributed by atoms with Crippen molar-refractivity contribution in [3.05, 3.63) is 162 Å². The number of aromatic nitrogens is 4. The number of nitrogens with zero attached hydrogens (tertiary/aromatic N) is 3. The average molecular weight is 672 g/mol. The summed E-state index contributed by atoms with van der Waals surface area (Å²) in [6.07, 6.45) is 8.62. The van der Waals surface area contributed by atoms with Crippen LogP contribution in [0.15, 0.2) is 133 Å². The quantitative estimate of drug-likeness (QED) is 0.191. The van der Waals surface area contributed by atoms with Crippen molar-refractivity contribution >= 4 is 52.1 Å². The number of hydrogen-bond donors (Lipinski definition) is 2. The standard InChI is InChI=1S/C47H37N5/c1-30-45-43(33-20-12-6-13-21-33)39-28-26-37(49-39)41(31-16-8-4-9-17-31)35-24-25-36(48-35)42(32-18-10-5-11-19-32)38-27-29-40(50-38)44(34-22-14-7-15-23-34)46(51-45)47(30)52(2)3/h4-29,48,51H,1-3H3. The Hall–Kier alpha value is -6.72. The van der Waals surface area contributed by atoms with Crippen LogP contribution in [0.25, 0.3) is 90.9 Å². The Labute approximate surface area is 303 Å². The van der Waals surface area contributed by atoms with Gasteiger partial charge in [-0.2, -0.15) is 0 Å². The summed E-state index contributed by atoms with van der Waals surface area (Å²) in [5, 5.41) is 0. The SMILES string of the molecule is Cc1c(N(C)C)c2[nH]c1c(-c1ccccc1)c1nc(c(-c3ccccc3)c3ccc([nH]3)c(-c3ccccc3)c3nc(c2-c2ccccc2)C=C3)C=C1. The lowest BCUT2D eigenvalue weighted by Crippen LogP contribution is -2.09. The Morgan fingerprint density at radius 1 is 0.404 bits per heavy atom. The number of aromatic amines is 2. The van der Waals surface area contributed by atoms with E-state index in [1.807, 2.05) is 0 Å². The number of H-pyrrole nitrogens is 2. The zero-order chi connectivity index (χ0) is 35.2. The first-order valence-electron chi connectivity index (χ1n) is 17.6. The fourth-order valence-electron chi connectivity index (χ4n) is 7.68. The second-order valence-electron chi connectivity index (χ2n) is 13.4. The van der Waals surface area contributed by atoms with Gasteiger partial charge in [0.2, 0.25) is 0 Å². The van der Waals surface area contributed by atoms with Crippen molar-refractivity contribution in [2.45, 2.75) is 6.92 Å². The lowest BCUT2D eigenvalue weighted by molar-refractivity contribution is 1.13. The van der Waals surface area contributed by atoms with E-state index in [1.165, 1.54) is 0 Å². The van der Waals surface area contributed by atoms with Gasteiger partial charge < -0.3 is 14.9 Å². The maximum absolute atomic E-state index is 5.46. The van der Waals surface area contributed by atoms with Gasteiger partial charge in [0.25, 0.3) is 0 Å². The maximum atomic E-state index is 5.46. The van der Waals surface area contributed by atoms with E-state index >= 15 is 0 Å². The minimum atomic E-state index is 0.899. The molecule has 2 aliphatic heterocycles. The van der Waals surface area contributed by atoms with Crippen LogP contribution in [0, 0.1) is 6.92 Å². The summed E-state index contributed by atoms with van der Waals surface area (Å²) in [7, 11) is 4.23. The van der Waals surface area contributed by atoms with E-state index in [9.17, 15) is 0 Å². The average Bonchev–Trinajstić information content (AvgIpc) is 4.00. The molecular formula is C47H37N5. The van der Waals surface area contributed by atoms with E-state index in [4.69, 9.17) is 9.97 Å². The molecule has 5 nitrogen and oxygen atoms in total. The van der Waals surface area contributed by atoms with E-state index in [-0.39, 0.29) is 0 Å². The molecule has 5 heteroatoms. The van der Waals surface area contributed by atoms with Crippen molar-refractivity contribution in [1.82, 2.24) is 19.9 Å². The summed E-state index contributed by atoms with van der Waals surface area (Å²) in [6.45, 7) is 2.21. The largest absolute Gasteiger partial charge is 0.376 e. The van der Waals surface area contributed by atoms with Crippen LogP contribution in [0.3, 0.4) is 0 Å². The molecule has 0 unspecified atom stereocenters. The van der Waals surface area contributed by atoms with E-state index in [0.29, 0.717) is 0 Å². The fourth-order valence-corrected chi connectivity index (χ4v) is 7.68. The summed E-state index contributed by atoms with van der Waals surface area (Å²) in [5.74, 6) is 0. The molecular weight excluding hydrogens is 635 g/mol. The minimum Gasteiger partial charge on any atom is -0.376 e. The highest BCUT2D eigenvalue weighted by Crippen LogP contribution is 2.42. The van der Waals surface area contributed by atoms with Gasteiger partial charge >= 0.3 is 0 Å². The number of aryl methyl sites for hydroxylation is 1. The highest BCUT2D eigenvalue weighted by atomic mass is 15.1. The van der Waals surface area contributed by atoms with Crippen LogP contribution in [0.5, 0.6) is 0 Å². The Morgan fingerprint density at radius 3 is 1.13 bits per heavy atom. The first-order chi connectivity index (χ1) is 25.5. The summed E-state index contributed by atoms with van der Waals surface area (Å²) in [4.78, 5) is 20.9. The predicted molar refractivity (Wildman–Crippen MR) is 220 cm³/mol. The van der Waals surface area contributed by atoms with Crippen LogP contribution < -0.4 is 4.90 Å². The first-order valence-corrected chi connectivity index (χ1v) is 17.6. The molecule has 250 valence electrons. The number of hydrogen-bond acceptors (Lipinski definition) is 3. The van der Waals surface area contributed by atoms with Crippen molar-refractivity contribution in [2.24, 2.45) is 0 Å². The van der Waals surface area contributed by atoms with Gasteiger partial charge in [-0.25, -0.2) is 9.97 Å². The zero-order valence-electron chi connectivity index (χ0n) is 29.4. The number of rotatable bonds is 5. The van der Waals surface area contributed by atoms with Gasteiger partial charge in [0.15, 0.2) is 0 Å². The topological polar surface area (TPSA) is 60.6 Å². The molecule has 3 aromatic heterocycles. The van der Waals surface area contributed by atoms with E-state index in [1.54, 1.807) is 0 Å². The van der Waals surface area contributed by atoms with Crippen LogP contribution in [-0.2, 0) is 0 Å². The molecule has 0 radical (unpaired) electrons. The van der Waals surface area contributed by atoms with E-state index in [2.05, 4.69) is 194 Å². The molecule has 9 rings (SSSR count). The Morgan fingerprint density at radius 2 is 0.750 bits per heavy atom. The van der Waals surface area contributed by atoms with Gasteiger partial charge in [-0.15, -0.1) is 0 Å². The minimum absolute atomic E-state index is 0.899. The molecule has 0 spiro atoms. The van der Waals surface area contributed by atoms with E-state index in [0.717, 1.165) is 101 Å². The molecule has 4 aromatic carbocycles. The van der Waals surface area contributed by atoms with E-state index < -0.39 is 0 Å². The number of anilines is 1. The number of benzene rings is 4. The smallest absolute Gasteiger partial charge is 0.0738 e. The summed E-state index contributed by atoms with van der Waals surface area (Å²) in [6, 6.07) is 46.6. The third-order valence-electron chi connectivity index (χ3n) is 9.94. The molecule has 0 saturated carbocycles. The first kappa shape index (κ1) is 31.3. The van der Waals surface area contributed by atoms with Crippen LogP contribution in [0.1, 0.15) is 28.3 Å². The van der Waals surface area contributed by atoms with Crippen LogP contribution in [-0.4, -0.2) is 34.0 Å².